The highest BCUT2D eigenvalue weighted by atomic mass is 16.4. The molecule has 1 atom stereocenters. The molecule has 0 saturated heterocycles. The molecule has 1 amide bonds. The number of carbonyl (C=O) groups is 2. The highest BCUT2D eigenvalue weighted by Gasteiger charge is 2.34. The Balaban J connectivity index is 2.02. The maximum atomic E-state index is 13.2. The van der Waals surface area contributed by atoms with Crippen molar-refractivity contribution >= 4 is 11.9 Å². The van der Waals surface area contributed by atoms with Crippen molar-refractivity contribution in [3.8, 4) is 0 Å². The van der Waals surface area contributed by atoms with Crippen LogP contribution in [0.25, 0.3) is 0 Å². The molecule has 3 rings (SSSR count). The number of benzene rings is 2. The molecule has 0 unspecified atom stereocenters. The molecule has 0 saturated carbocycles. The van der Waals surface area contributed by atoms with Crippen LogP contribution in [0.2, 0.25) is 0 Å². The first-order valence-electron chi connectivity index (χ1n) is 8.64. The first-order chi connectivity index (χ1) is 11.9. The molecule has 0 spiro atoms. The maximum absolute atomic E-state index is 13.2. The highest BCUT2D eigenvalue weighted by molar-refractivity contribution is 5.96. The van der Waals surface area contributed by atoms with Gasteiger partial charge in [-0.2, -0.15) is 0 Å². The number of hydrogen-bond donors (Lipinski definition) is 1. The smallest absolute Gasteiger partial charge is 0.335 e. The number of carboxylic acid groups (broad SMARTS) is 1. The first-order valence-corrected chi connectivity index (χ1v) is 8.64. The van der Waals surface area contributed by atoms with Crippen LogP contribution in [0.15, 0.2) is 42.5 Å². The predicted molar refractivity (Wildman–Crippen MR) is 96.9 cm³/mol. The van der Waals surface area contributed by atoms with Gasteiger partial charge in [0.15, 0.2) is 0 Å². The molecule has 0 heterocycles. The monoisotopic (exact) mass is 337 g/mol. The van der Waals surface area contributed by atoms with E-state index in [4.69, 9.17) is 0 Å². The van der Waals surface area contributed by atoms with Crippen LogP contribution in [-0.4, -0.2) is 27.9 Å². The number of hydrogen-bond acceptors (Lipinski definition) is 2. The summed E-state index contributed by atoms with van der Waals surface area (Å²) in [5, 5.41) is 9.29. The zero-order valence-corrected chi connectivity index (χ0v) is 14.8. The lowest BCUT2D eigenvalue weighted by molar-refractivity contribution is 0.0605. The van der Waals surface area contributed by atoms with Crippen molar-refractivity contribution < 1.29 is 14.7 Å². The van der Waals surface area contributed by atoms with Gasteiger partial charge >= 0.3 is 5.97 Å². The number of carboxylic acids is 1. The fraction of sp³-hybridized carbons (Fsp3) is 0.333. The Morgan fingerprint density at radius 1 is 1.16 bits per heavy atom. The second-order valence-corrected chi connectivity index (χ2v) is 6.89. The zero-order valence-electron chi connectivity index (χ0n) is 14.8. The molecule has 2 aromatic rings. The van der Waals surface area contributed by atoms with Gasteiger partial charge in [-0.05, 0) is 68.5 Å². The summed E-state index contributed by atoms with van der Waals surface area (Å²) in [6.45, 7) is 5.96. The van der Waals surface area contributed by atoms with Gasteiger partial charge in [-0.15, -0.1) is 0 Å². The minimum absolute atomic E-state index is 0.00618. The Hall–Kier alpha value is -2.62. The lowest BCUT2D eigenvalue weighted by Crippen LogP contribution is -2.39. The Morgan fingerprint density at radius 3 is 2.52 bits per heavy atom. The minimum atomic E-state index is -0.935. The van der Waals surface area contributed by atoms with E-state index in [0.717, 1.165) is 29.5 Å². The predicted octanol–water partition coefficient (Wildman–Crippen LogP) is 4.23. The molecule has 0 fully saturated rings. The van der Waals surface area contributed by atoms with Crippen LogP contribution in [0.4, 0.5) is 0 Å². The van der Waals surface area contributed by atoms with Gasteiger partial charge in [0.1, 0.15) is 0 Å². The van der Waals surface area contributed by atoms with Crippen molar-refractivity contribution in [2.24, 2.45) is 0 Å². The zero-order chi connectivity index (χ0) is 18.1. The molecule has 25 heavy (non-hydrogen) atoms. The summed E-state index contributed by atoms with van der Waals surface area (Å²) in [5.41, 5.74) is 4.04. The molecule has 0 radical (unpaired) electrons. The van der Waals surface area contributed by atoms with Gasteiger partial charge in [-0.1, -0.05) is 24.3 Å². The quantitative estimate of drug-likeness (QED) is 0.908. The van der Waals surface area contributed by atoms with Gasteiger partial charge in [-0.3, -0.25) is 4.79 Å². The molecular weight excluding hydrogens is 314 g/mol. The molecular formula is C21H23NO3. The molecule has 1 aliphatic rings. The van der Waals surface area contributed by atoms with E-state index in [1.54, 1.807) is 12.1 Å². The minimum Gasteiger partial charge on any atom is -0.478 e. The molecule has 0 aromatic heterocycles. The summed E-state index contributed by atoms with van der Waals surface area (Å²) in [6, 6.07) is 12.8. The van der Waals surface area contributed by atoms with E-state index in [9.17, 15) is 14.7 Å². The maximum Gasteiger partial charge on any atom is 0.335 e. The van der Waals surface area contributed by atoms with E-state index in [2.05, 4.69) is 0 Å². The molecule has 130 valence electrons. The van der Waals surface area contributed by atoms with Gasteiger partial charge in [-0.25, -0.2) is 4.79 Å². The molecule has 4 nitrogen and oxygen atoms in total. The number of amides is 1. The van der Waals surface area contributed by atoms with Crippen molar-refractivity contribution in [3.05, 3.63) is 70.3 Å². The summed E-state index contributed by atoms with van der Waals surface area (Å²) in [4.78, 5) is 26.5. The third-order valence-corrected chi connectivity index (χ3v) is 4.94. The fourth-order valence-electron chi connectivity index (χ4n) is 3.69. The van der Waals surface area contributed by atoms with Crippen LogP contribution in [0.1, 0.15) is 63.7 Å². The van der Waals surface area contributed by atoms with Gasteiger partial charge in [0.25, 0.3) is 5.91 Å². The van der Waals surface area contributed by atoms with Crippen LogP contribution in [0, 0.1) is 6.92 Å². The van der Waals surface area contributed by atoms with Gasteiger partial charge < -0.3 is 10.0 Å². The van der Waals surface area contributed by atoms with Crippen LogP contribution >= 0.6 is 0 Å². The van der Waals surface area contributed by atoms with Crippen LogP contribution < -0.4 is 0 Å². The number of aromatic carboxylic acids is 1. The molecule has 0 bridgehead atoms. The van der Waals surface area contributed by atoms with Gasteiger partial charge in [0.2, 0.25) is 0 Å². The Morgan fingerprint density at radius 2 is 1.88 bits per heavy atom. The molecule has 1 N–H and O–H groups in total. The topological polar surface area (TPSA) is 57.6 Å². The van der Waals surface area contributed by atoms with Crippen molar-refractivity contribution in [1.82, 2.24) is 4.90 Å². The van der Waals surface area contributed by atoms with Crippen LogP contribution in [0.5, 0.6) is 0 Å². The number of aryl methyl sites for hydroxylation is 2. The summed E-state index contributed by atoms with van der Waals surface area (Å²) in [6.07, 6.45) is 1.69. The molecule has 1 aliphatic carbocycles. The van der Waals surface area contributed by atoms with E-state index in [-0.39, 0.29) is 23.6 Å². The third kappa shape index (κ3) is 3.16. The van der Waals surface area contributed by atoms with Crippen molar-refractivity contribution in [2.45, 2.75) is 45.7 Å². The average Bonchev–Trinajstić information content (AvgIpc) is 2.98. The SMILES string of the molecule is Cc1ccccc1C(=O)N(C(C)C)[C@@H]1CCc2ccc(C(=O)O)cc21. The first kappa shape index (κ1) is 17.2. The van der Waals surface area contributed by atoms with Gasteiger partial charge in [0.05, 0.1) is 11.6 Å². The lowest BCUT2D eigenvalue weighted by Gasteiger charge is -2.34. The Labute approximate surface area is 148 Å². The Kier molecular flexibility index (Phi) is 4.62. The van der Waals surface area contributed by atoms with Crippen molar-refractivity contribution in [3.63, 3.8) is 0 Å². The Bertz CT molecular complexity index is 826. The third-order valence-electron chi connectivity index (χ3n) is 4.94. The summed E-state index contributed by atoms with van der Waals surface area (Å²) in [5.74, 6) is -0.929. The molecule has 4 heteroatoms. The highest BCUT2D eigenvalue weighted by Crippen LogP contribution is 2.38. The van der Waals surface area contributed by atoms with E-state index < -0.39 is 5.97 Å². The van der Waals surface area contributed by atoms with Crippen molar-refractivity contribution in [2.75, 3.05) is 0 Å². The number of nitrogens with zero attached hydrogens (tertiary/aromatic N) is 1. The lowest BCUT2D eigenvalue weighted by atomic mass is 10.00. The van der Waals surface area contributed by atoms with Crippen LogP contribution in [0.3, 0.4) is 0 Å². The normalized spacial score (nSPS) is 15.9. The number of fused-ring (bicyclic) bond motifs is 1. The molecule has 0 aliphatic heterocycles. The number of carbonyl (C=O) groups excluding carboxylic acids is 1. The number of rotatable bonds is 4. The van der Waals surface area contributed by atoms with E-state index in [0.29, 0.717) is 5.56 Å². The van der Waals surface area contributed by atoms with Crippen LogP contribution in [-0.2, 0) is 6.42 Å². The summed E-state index contributed by atoms with van der Waals surface area (Å²) >= 11 is 0. The molecule has 2 aromatic carbocycles. The van der Waals surface area contributed by atoms with E-state index in [1.807, 2.05) is 56.0 Å². The second kappa shape index (κ2) is 6.71. The average molecular weight is 337 g/mol. The summed E-state index contributed by atoms with van der Waals surface area (Å²) < 4.78 is 0. The largest absolute Gasteiger partial charge is 0.478 e. The van der Waals surface area contributed by atoms with E-state index >= 15 is 0 Å². The van der Waals surface area contributed by atoms with E-state index in [1.165, 1.54) is 0 Å². The van der Waals surface area contributed by atoms with Crippen molar-refractivity contribution in [1.29, 1.82) is 0 Å². The fourth-order valence-corrected chi connectivity index (χ4v) is 3.69. The second-order valence-electron chi connectivity index (χ2n) is 6.89. The summed E-state index contributed by atoms with van der Waals surface area (Å²) in [7, 11) is 0. The van der Waals surface area contributed by atoms with Gasteiger partial charge in [0, 0.05) is 11.6 Å². The standard InChI is InChI=1S/C21H23NO3/c1-13(2)22(20(23)17-7-5-4-6-14(17)3)19-11-10-15-8-9-16(21(24)25)12-18(15)19/h4-9,12-13,19H,10-11H2,1-3H3,(H,24,25)/t19-/m1/s1.